The molecular weight excluding hydrogens is 256 g/mol. The summed E-state index contributed by atoms with van der Waals surface area (Å²) in [5.41, 5.74) is 0.0199. The van der Waals surface area contributed by atoms with Gasteiger partial charge in [-0.3, -0.25) is 4.79 Å². The fourth-order valence-corrected chi connectivity index (χ4v) is 2.08. The summed E-state index contributed by atoms with van der Waals surface area (Å²) in [4.78, 5) is 11.3. The minimum atomic E-state index is -4.51. The molecule has 0 fully saturated rings. The molecule has 0 spiro atoms. The second kappa shape index (κ2) is 4.73. The Balaban J connectivity index is 2.78. The molecule has 0 atom stereocenters. The monoisotopic (exact) mass is 263 g/mol. The smallest absolute Gasteiger partial charge is 0.173 e. The fourth-order valence-electron chi connectivity index (χ4n) is 0.906. The zero-order valence-electron chi connectivity index (χ0n) is 7.78. The first kappa shape index (κ1) is 12.8. The number of carbonyl (C=O) groups is 1. The van der Waals surface area contributed by atoms with Crippen LogP contribution in [0.3, 0.4) is 0 Å². The molecule has 0 unspecified atom stereocenters. The molecular formula is C8H7O6S2-. The van der Waals surface area contributed by atoms with Crippen LogP contribution in [-0.2, 0) is 9.15 Å². The number of phenolic OH excluding ortho intramolecular Hbond substituents is 2. The topological polar surface area (TPSA) is 115 Å². The lowest BCUT2D eigenvalue weighted by molar-refractivity contribution is 0.102. The summed E-state index contributed by atoms with van der Waals surface area (Å²) < 4.78 is 30.8. The van der Waals surface area contributed by atoms with Gasteiger partial charge in [-0.2, -0.15) is 0 Å². The van der Waals surface area contributed by atoms with Crippen LogP contribution in [0.15, 0.2) is 18.2 Å². The summed E-state index contributed by atoms with van der Waals surface area (Å²) in [7, 11) is -4.54. The van der Waals surface area contributed by atoms with Gasteiger partial charge in [0.1, 0.15) is 9.15 Å². The van der Waals surface area contributed by atoms with E-state index in [0.29, 0.717) is 0 Å². The van der Waals surface area contributed by atoms with Crippen LogP contribution < -0.4 is 0 Å². The van der Waals surface area contributed by atoms with E-state index in [1.807, 2.05) is 0 Å². The van der Waals surface area contributed by atoms with Crippen molar-refractivity contribution in [1.29, 1.82) is 0 Å². The van der Waals surface area contributed by atoms with Gasteiger partial charge in [0, 0.05) is 5.56 Å². The Bertz CT molecular complexity index is 507. The average Bonchev–Trinajstić information content (AvgIpc) is 2.17. The number of hydrogen-bond donors (Lipinski definition) is 2. The lowest BCUT2D eigenvalue weighted by atomic mass is 10.1. The molecule has 1 aromatic carbocycles. The van der Waals surface area contributed by atoms with E-state index in [1.165, 1.54) is 6.07 Å². The number of carbonyl (C=O) groups excluding carboxylic acids is 1. The first-order valence-corrected chi connectivity index (χ1v) is 6.86. The highest BCUT2D eigenvalue weighted by Gasteiger charge is 2.10. The van der Waals surface area contributed by atoms with Gasteiger partial charge in [0.05, 0.1) is 5.75 Å². The minimum Gasteiger partial charge on any atom is -0.739 e. The van der Waals surface area contributed by atoms with E-state index in [-0.39, 0.29) is 22.1 Å². The molecule has 1 aromatic rings. The third kappa shape index (κ3) is 3.72. The van der Waals surface area contributed by atoms with Gasteiger partial charge in [-0.15, -0.1) is 0 Å². The SMILES string of the molecule is O=C(CSS(=O)(=O)[O-])c1ccc(O)c(O)c1. The molecule has 0 radical (unpaired) electrons. The van der Waals surface area contributed by atoms with Crippen molar-refractivity contribution in [2.45, 2.75) is 0 Å². The molecule has 0 saturated heterocycles. The molecule has 1 rings (SSSR count). The Kier molecular flexibility index (Phi) is 3.79. The quantitative estimate of drug-likeness (QED) is 0.351. The highest BCUT2D eigenvalue weighted by molar-refractivity contribution is 8.70. The van der Waals surface area contributed by atoms with E-state index in [0.717, 1.165) is 12.1 Å². The normalized spacial score (nSPS) is 11.3. The molecule has 0 aliphatic carbocycles. The maximum Gasteiger partial charge on any atom is 0.173 e. The predicted octanol–water partition coefficient (Wildman–Crippen LogP) is 0.474. The summed E-state index contributed by atoms with van der Waals surface area (Å²) in [6.07, 6.45) is 0. The van der Waals surface area contributed by atoms with Crippen LogP contribution in [-0.4, -0.2) is 34.7 Å². The number of phenols is 2. The molecule has 8 heteroatoms. The summed E-state index contributed by atoms with van der Waals surface area (Å²) in [6, 6.07) is 3.31. The average molecular weight is 263 g/mol. The molecule has 0 aliphatic rings. The molecule has 0 aromatic heterocycles. The van der Waals surface area contributed by atoms with Crippen molar-refractivity contribution in [3.05, 3.63) is 23.8 Å². The Labute approximate surface area is 95.1 Å². The Morgan fingerprint density at radius 1 is 1.31 bits per heavy atom. The molecule has 0 bridgehead atoms. The van der Waals surface area contributed by atoms with E-state index in [4.69, 9.17) is 10.2 Å². The van der Waals surface area contributed by atoms with Gasteiger partial charge in [-0.05, 0) is 29.0 Å². The zero-order chi connectivity index (χ0) is 12.3. The van der Waals surface area contributed by atoms with Gasteiger partial charge in [0.25, 0.3) is 0 Å². The molecule has 88 valence electrons. The second-order valence-corrected chi connectivity index (χ2v) is 6.07. The van der Waals surface area contributed by atoms with E-state index in [1.54, 1.807) is 0 Å². The van der Waals surface area contributed by atoms with Crippen molar-refractivity contribution >= 4 is 25.7 Å². The van der Waals surface area contributed by atoms with E-state index < -0.39 is 26.4 Å². The second-order valence-electron chi connectivity index (χ2n) is 2.80. The van der Waals surface area contributed by atoms with Crippen LogP contribution in [0, 0.1) is 0 Å². The number of rotatable bonds is 4. The minimum absolute atomic E-state index is 0.0199. The standard InChI is InChI=1S/C8H8O6S2/c9-6-2-1-5(3-7(6)10)8(11)4-15-16(12,13)14/h1-3,9-10H,4H2,(H,12,13,14)/p-1. The van der Waals surface area contributed by atoms with Crippen LogP contribution in [0.4, 0.5) is 0 Å². The van der Waals surface area contributed by atoms with Crippen molar-refractivity contribution in [1.82, 2.24) is 0 Å². The van der Waals surface area contributed by atoms with Gasteiger partial charge in [0.15, 0.2) is 17.3 Å². The molecule has 2 N–H and O–H groups in total. The van der Waals surface area contributed by atoms with Gasteiger partial charge in [-0.1, -0.05) is 0 Å². The van der Waals surface area contributed by atoms with Gasteiger partial charge in [-0.25, -0.2) is 8.42 Å². The lowest BCUT2D eigenvalue weighted by Crippen LogP contribution is -2.05. The van der Waals surface area contributed by atoms with Gasteiger partial charge < -0.3 is 14.8 Å². The summed E-state index contributed by atoms with van der Waals surface area (Å²) in [5, 5.41) is 18.1. The number of aromatic hydroxyl groups is 2. The van der Waals surface area contributed by atoms with Crippen LogP contribution in [0.1, 0.15) is 10.4 Å². The van der Waals surface area contributed by atoms with Crippen molar-refractivity contribution < 1.29 is 28.0 Å². The zero-order valence-corrected chi connectivity index (χ0v) is 9.42. The third-order valence-corrected chi connectivity index (χ3v) is 3.52. The van der Waals surface area contributed by atoms with Crippen LogP contribution in [0.5, 0.6) is 11.5 Å². The van der Waals surface area contributed by atoms with Crippen molar-refractivity contribution in [3.8, 4) is 11.5 Å². The highest BCUT2D eigenvalue weighted by Crippen LogP contribution is 2.25. The van der Waals surface area contributed by atoms with Crippen LogP contribution >= 0.6 is 10.8 Å². The van der Waals surface area contributed by atoms with E-state index in [9.17, 15) is 17.8 Å². The number of Topliss-reactive ketones (excluding diaryl/α,β-unsaturated/α-hetero) is 1. The van der Waals surface area contributed by atoms with Crippen molar-refractivity contribution in [2.75, 3.05) is 5.75 Å². The Morgan fingerprint density at radius 2 is 1.94 bits per heavy atom. The first-order valence-electron chi connectivity index (χ1n) is 3.95. The third-order valence-electron chi connectivity index (χ3n) is 1.63. The predicted molar refractivity (Wildman–Crippen MR) is 56.3 cm³/mol. The van der Waals surface area contributed by atoms with Crippen molar-refractivity contribution in [3.63, 3.8) is 0 Å². The fraction of sp³-hybridized carbons (Fsp3) is 0.125. The Hall–Kier alpha value is -1.25. The maximum absolute atomic E-state index is 11.3. The van der Waals surface area contributed by atoms with Crippen LogP contribution in [0.25, 0.3) is 0 Å². The molecule has 0 amide bonds. The van der Waals surface area contributed by atoms with Gasteiger partial charge >= 0.3 is 0 Å². The number of benzene rings is 1. The summed E-state index contributed by atoms with van der Waals surface area (Å²) >= 11 is 0. The summed E-state index contributed by atoms with van der Waals surface area (Å²) in [5.74, 6) is -2.03. The maximum atomic E-state index is 11.3. The Morgan fingerprint density at radius 3 is 2.44 bits per heavy atom. The summed E-state index contributed by atoms with van der Waals surface area (Å²) in [6.45, 7) is 0. The van der Waals surface area contributed by atoms with Gasteiger partial charge in [0.2, 0.25) is 0 Å². The number of hydrogen-bond acceptors (Lipinski definition) is 7. The lowest BCUT2D eigenvalue weighted by Gasteiger charge is -2.05. The van der Waals surface area contributed by atoms with Crippen LogP contribution in [0.2, 0.25) is 0 Å². The van der Waals surface area contributed by atoms with E-state index >= 15 is 0 Å². The largest absolute Gasteiger partial charge is 0.739 e. The van der Waals surface area contributed by atoms with Crippen molar-refractivity contribution in [2.24, 2.45) is 0 Å². The molecule has 6 nitrogen and oxygen atoms in total. The van der Waals surface area contributed by atoms with E-state index in [2.05, 4.69) is 0 Å². The highest BCUT2D eigenvalue weighted by atomic mass is 33.1. The molecule has 0 saturated carbocycles. The molecule has 0 heterocycles. The number of ketones is 1. The molecule has 0 aliphatic heterocycles. The molecule has 16 heavy (non-hydrogen) atoms. The first-order chi connectivity index (χ1) is 7.29.